The van der Waals surface area contributed by atoms with Crippen LogP contribution in [0.5, 0.6) is 0 Å². The van der Waals surface area contributed by atoms with Gasteiger partial charge >= 0.3 is 0 Å². The van der Waals surface area contributed by atoms with Gasteiger partial charge < -0.3 is 4.90 Å². The molecule has 1 aliphatic rings. The van der Waals surface area contributed by atoms with Crippen molar-refractivity contribution in [2.24, 2.45) is 0 Å². The molecule has 26 heavy (non-hydrogen) atoms. The average molecular weight is 365 g/mol. The maximum Gasteiger partial charge on any atom is 0.246 e. The number of unbranched alkanes of at least 4 members (excludes halogenated alkanes) is 7. The molecular formula is C23H44N2O. The first kappa shape index (κ1) is 23.2. The summed E-state index contributed by atoms with van der Waals surface area (Å²) in [5.74, 6) is 0.0992. The minimum Gasteiger partial charge on any atom is -0.336 e. The first-order valence-electron chi connectivity index (χ1n) is 11.3. The summed E-state index contributed by atoms with van der Waals surface area (Å²) in [5.41, 5.74) is 0. The van der Waals surface area contributed by atoms with Gasteiger partial charge in [0.15, 0.2) is 0 Å². The van der Waals surface area contributed by atoms with Crippen LogP contribution < -0.4 is 0 Å². The van der Waals surface area contributed by atoms with Crippen LogP contribution in [0.3, 0.4) is 0 Å². The van der Waals surface area contributed by atoms with Crippen LogP contribution in [0, 0.1) is 0 Å². The van der Waals surface area contributed by atoms with E-state index in [-0.39, 0.29) is 5.91 Å². The van der Waals surface area contributed by atoms with Crippen LogP contribution in [0.2, 0.25) is 0 Å². The highest BCUT2D eigenvalue weighted by atomic mass is 16.2. The van der Waals surface area contributed by atoms with Crippen molar-refractivity contribution in [1.29, 1.82) is 0 Å². The van der Waals surface area contributed by atoms with Gasteiger partial charge in [0.2, 0.25) is 5.91 Å². The summed E-state index contributed by atoms with van der Waals surface area (Å²) in [6, 6.07) is 1.22. The van der Waals surface area contributed by atoms with Gasteiger partial charge in [-0.2, -0.15) is 0 Å². The molecule has 0 aliphatic carbocycles. The minimum atomic E-state index is 0.0992. The van der Waals surface area contributed by atoms with Gasteiger partial charge in [-0.05, 0) is 25.3 Å². The van der Waals surface area contributed by atoms with Gasteiger partial charge in [0.25, 0.3) is 0 Å². The van der Waals surface area contributed by atoms with Crippen molar-refractivity contribution < 1.29 is 4.79 Å². The van der Waals surface area contributed by atoms with Gasteiger partial charge in [-0.3, -0.25) is 9.69 Å². The lowest BCUT2D eigenvalue weighted by molar-refractivity contribution is -0.129. The molecule has 2 atom stereocenters. The van der Waals surface area contributed by atoms with Crippen LogP contribution in [0.4, 0.5) is 0 Å². The Morgan fingerprint density at radius 3 is 2.08 bits per heavy atom. The SMILES string of the molecule is C=CC(=O)N1CCN(C(CCCCCC)CCCCCCC)[C@@H](CC)C1. The van der Waals surface area contributed by atoms with E-state index in [1.165, 1.54) is 76.7 Å². The molecule has 0 N–H and O–H groups in total. The second kappa shape index (κ2) is 14.3. The van der Waals surface area contributed by atoms with Crippen molar-refractivity contribution in [2.45, 2.75) is 110 Å². The predicted octanol–water partition coefficient (Wildman–Crippen LogP) is 5.79. The highest BCUT2D eigenvalue weighted by Gasteiger charge is 2.31. The van der Waals surface area contributed by atoms with E-state index in [0.29, 0.717) is 12.1 Å². The second-order valence-corrected chi connectivity index (χ2v) is 7.99. The monoisotopic (exact) mass is 364 g/mol. The summed E-state index contributed by atoms with van der Waals surface area (Å²) in [7, 11) is 0. The van der Waals surface area contributed by atoms with Crippen molar-refractivity contribution in [3.8, 4) is 0 Å². The van der Waals surface area contributed by atoms with Crippen LogP contribution >= 0.6 is 0 Å². The van der Waals surface area contributed by atoms with Crippen molar-refractivity contribution >= 4 is 5.91 Å². The molecule has 0 bridgehead atoms. The molecule has 1 unspecified atom stereocenters. The highest BCUT2D eigenvalue weighted by molar-refractivity contribution is 5.87. The Hall–Kier alpha value is -0.830. The lowest BCUT2D eigenvalue weighted by Gasteiger charge is -2.45. The van der Waals surface area contributed by atoms with Crippen molar-refractivity contribution in [3.63, 3.8) is 0 Å². The highest BCUT2D eigenvalue weighted by Crippen LogP contribution is 2.24. The maximum atomic E-state index is 12.0. The van der Waals surface area contributed by atoms with E-state index in [1.54, 1.807) is 0 Å². The first-order chi connectivity index (χ1) is 12.7. The molecule has 1 saturated heterocycles. The molecule has 1 heterocycles. The number of hydrogen-bond acceptors (Lipinski definition) is 2. The van der Waals surface area contributed by atoms with Crippen LogP contribution in [0.15, 0.2) is 12.7 Å². The maximum absolute atomic E-state index is 12.0. The van der Waals surface area contributed by atoms with Crippen LogP contribution in [0.25, 0.3) is 0 Å². The van der Waals surface area contributed by atoms with E-state index in [9.17, 15) is 4.79 Å². The zero-order valence-corrected chi connectivity index (χ0v) is 17.8. The molecule has 1 rings (SSSR count). The Kier molecular flexibility index (Phi) is 12.7. The van der Waals surface area contributed by atoms with Gasteiger partial charge in [0.1, 0.15) is 0 Å². The minimum absolute atomic E-state index is 0.0992. The smallest absolute Gasteiger partial charge is 0.246 e. The lowest BCUT2D eigenvalue weighted by Crippen LogP contribution is -2.57. The molecule has 0 spiro atoms. The molecular weight excluding hydrogens is 320 g/mol. The standard InChI is InChI=1S/C23H44N2O/c1-5-9-11-13-15-17-22(16-14-12-10-6-2)25-19-18-24(23(26)8-4)20-21(25)7-3/h8,21-22H,4-7,9-20H2,1-3H3/t21-,22?/m0/s1. The van der Waals surface area contributed by atoms with E-state index >= 15 is 0 Å². The van der Waals surface area contributed by atoms with E-state index in [4.69, 9.17) is 0 Å². The topological polar surface area (TPSA) is 23.6 Å². The van der Waals surface area contributed by atoms with Crippen molar-refractivity contribution in [1.82, 2.24) is 9.80 Å². The van der Waals surface area contributed by atoms with Gasteiger partial charge in [-0.25, -0.2) is 0 Å². The average Bonchev–Trinajstić information content (AvgIpc) is 2.68. The summed E-state index contributed by atoms with van der Waals surface area (Å²) >= 11 is 0. The number of piperazine rings is 1. The van der Waals surface area contributed by atoms with E-state index in [2.05, 4.69) is 32.3 Å². The number of rotatable bonds is 14. The molecule has 1 amide bonds. The third-order valence-electron chi connectivity index (χ3n) is 5.99. The molecule has 0 aromatic rings. The van der Waals surface area contributed by atoms with Crippen molar-refractivity contribution in [2.75, 3.05) is 19.6 Å². The van der Waals surface area contributed by atoms with E-state index in [0.717, 1.165) is 26.1 Å². The Labute approximate surface area is 163 Å². The second-order valence-electron chi connectivity index (χ2n) is 7.99. The fourth-order valence-electron chi connectivity index (χ4n) is 4.31. The zero-order chi connectivity index (χ0) is 19.2. The fourth-order valence-corrected chi connectivity index (χ4v) is 4.31. The summed E-state index contributed by atoms with van der Waals surface area (Å²) < 4.78 is 0. The number of carbonyl (C=O) groups excluding carboxylic acids is 1. The summed E-state index contributed by atoms with van der Waals surface area (Å²) in [6.45, 7) is 13.3. The molecule has 0 aromatic heterocycles. The summed E-state index contributed by atoms with van der Waals surface area (Å²) in [4.78, 5) is 16.8. The normalized spacial score (nSPS) is 19.5. The van der Waals surface area contributed by atoms with Crippen molar-refractivity contribution in [3.05, 3.63) is 12.7 Å². The molecule has 0 radical (unpaired) electrons. The van der Waals surface area contributed by atoms with Gasteiger partial charge in [-0.15, -0.1) is 0 Å². The Morgan fingerprint density at radius 1 is 0.962 bits per heavy atom. The summed E-state index contributed by atoms with van der Waals surface area (Å²) in [6.07, 6.45) is 17.5. The zero-order valence-electron chi connectivity index (χ0n) is 17.8. The third kappa shape index (κ3) is 8.24. The first-order valence-corrected chi connectivity index (χ1v) is 11.3. The lowest BCUT2D eigenvalue weighted by atomic mass is 9.96. The molecule has 152 valence electrons. The molecule has 0 aromatic carbocycles. The number of nitrogens with zero attached hydrogens (tertiary/aromatic N) is 2. The van der Waals surface area contributed by atoms with Crippen LogP contribution in [0.1, 0.15) is 97.8 Å². The quantitative estimate of drug-likeness (QED) is 0.287. The van der Waals surface area contributed by atoms with Gasteiger partial charge in [-0.1, -0.05) is 85.1 Å². The number of amides is 1. The van der Waals surface area contributed by atoms with Gasteiger partial charge in [0.05, 0.1) is 0 Å². The Morgan fingerprint density at radius 2 is 1.54 bits per heavy atom. The largest absolute Gasteiger partial charge is 0.336 e. The number of carbonyl (C=O) groups is 1. The van der Waals surface area contributed by atoms with E-state index < -0.39 is 0 Å². The molecule has 3 nitrogen and oxygen atoms in total. The number of hydrogen-bond donors (Lipinski definition) is 0. The summed E-state index contributed by atoms with van der Waals surface area (Å²) in [5, 5.41) is 0. The van der Waals surface area contributed by atoms with Gasteiger partial charge in [0, 0.05) is 31.7 Å². The molecule has 1 aliphatic heterocycles. The van der Waals surface area contributed by atoms with Crippen LogP contribution in [-0.2, 0) is 4.79 Å². The van der Waals surface area contributed by atoms with Crippen LogP contribution in [-0.4, -0.2) is 47.4 Å². The molecule has 1 fully saturated rings. The fraction of sp³-hybridized carbons (Fsp3) is 0.870. The predicted molar refractivity (Wildman–Crippen MR) is 113 cm³/mol. The Bertz CT molecular complexity index is 382. The molecule has 3 heteroatoms. The Balaban J connectivity index is 2.60. The van der Waals surface area contributed by atoms with E-state index in [1.807, 2.05) is 4.90 Å². The third-order valence-corrected chi connectivity index (χ3v) is 5.99. The molecule has 0 saturated carbocycles.